The van der Waals surface area contributed by atoms with Crippen molar-refractivity contribution >= 4 is 27.6 Å². The summed E-state index contributed by atoms with van der Waals surface area (Å²) in [7, 11) is -2.73. The van der Waals surface area contributed by atoms with E-state index in [9.17, 15) is 13.2 Å². The second-order valence-corrected chi connectivity index (χ2v) is 10.8. The third-order valence-corrected chi connectivity index (χ3v) is 7.17. The summed E-state index contributed by atoms with van der Waals surface area (Å²) in [6.45, 7) is 6.94. The topological polar surface area (TPSA) is 140 Å². The van der Waals surface area contributed by atoms with Crippen LogP contribution in [0.4, 0.5) is 11.6 Å². The fourth-order valence-corrected chi connectivity index (χ4v) is 5.44. The summed E-state index contributed by atoms with van der Waals surface area (Å²) in [5.74, 6) is 0.366. The normalized spacial score (nSPS) is 17.3. The zero-order chi connectivity index (χ0) is 25.4. The van der Waals surface area contributed by atoms with Gasteiger partial charge in [-0.25, -0.2) is 19.7 Å². The standard InChI is InChI=1S/C24H28N6O4S/c1-15-13-24(2,3)30(14-15)21-17(10-11-18(27-21)16-7-6-12-26-23(16)34-4)22(31)29-35(32,33)20-9-5-8-19(25)28-20/h5-12,15H,13-14H2,1-4H3,(H2,25,28)(H,29,31). The largest absolute Gasteiger partial charge is 0.481 e. The number of nitrogens with one attached hydrogen (secondary N) is 1. The maximum Gasteiger partial charge on any atom is 0.281 e. The van der Waals surface area contributed by atoms with E-state index in [0.29, 0.717) is 35.4 Å². The number of nitrogens with zero attached hydrogens (tertiary/aromatic N) is 4. The SMILES string of the molecule is COc1ncccc1-c1ccc(C(=O)NS(=O)(=O)c2cccc(N)n2)c(N2CC(C)CC2(C)C)n1. The summed E-state index contributed by atoms with van der Waals surface area (Å²) in [6.07, 6.45) is 2.51. The monoisotopic (exact) mass is 496 g/mol. The lowest BCUT2D eigenvalue weighted by Crippen LogP contribution is -2.41. The zero-order valence-corrected chi connectivity index (χ0v) is 20.8. The Kier molecular flexibility index (Phi) is 6.37. The fraction of sp³-hybridized carbons (Fsp3) is 0.333. The molecule has 11 heteroatoms. The molecule has 10 nitrogen and oxygen atoms in total. The number of hydrogen-bond acceptors (Lipinski definition) is 9. The Bertz CT molecular complexity index is 1380. The van der Waals surface area contributed by atoms with Crippen LogP contribution < -0.4 is 20.1 Å². The van der Waals surface area contributed by atoms with Crippen LogP contribution in [-0.2, 0) is 10.0 Å². The quantitative estimate of drug-likeness (QED) is 0.527. The van der Waals surface area contributed by atoms with Gasteiger partial charge in [-0.2, -0.15) is 8.42 Å². The average Bonchev–Trinajstić information content (AvgIpc) is 3.09. The van der Waals surface area contributed by atoms with E-state index in [1.165, 1.54) is 25.3 Å². The Morgan fingerprint density at radius 1 is 1.17 bits per heavy atom. The van der Waals surface area contributed by atoms with Gasteiger partial charge >= 0.3 is 0 Å². The van der Waals surface area contributed by atoms with Gasteiger partial charge in [0.15, 0.2) is 5.03 Å². The molecule has 3 N–H and O–H groups in total. The zero-order valence-electron chi connectivity index (χ0n) is 20.0. The molecule has 4 heterocycles. The van der Waals surface area contributed by atoms with Gasteiger partial charge in [-0.05, 0) is 62.6 Å². The van der Waals surface area contributed by atoms with Crippen molar-refractivity contribution < 1.29 is 17.9 Å². The van der Waals surface area contributed by atoms with Crippen LogP contribution >= 0.6 is 0 Å². The molecule has 1 aliphatic heterocycles. The molecule has 1 aliphatic rings. The number of amides is 1. The Morgan fingerprint density at radius 2 is 1.94 bits per heavy atom. The van der Waals surface area contributed by atoms with Crippen LogP contribution in [0.25, 0.3) is 11.3 Å². The van der Waals surface area contributed by atoms with Gasteiger partial charge in [0.25, 0.3) is 15.9 Å². The molecule has 184 valence electrons. The van der Waals surface area contributed by atoms with Gasteiger partial charge in [0, 0.05) is 18.3 Å². The van der Waals surface area contributed by atoms with E-state index >= 15 is 0 Å². The fourth-order valence-electron chi connectivity index (χ4n) is 4.50. The number of ether oxygens (including phenoxy) is 1. The Hall–Kier alpha value is -3.73. The van der Waals surface area contributed by atoms with Crippen molar-refractivity contribution in [3.8, 4) is 17.1 Å². The van der Waals surface area contributed by atoms with Gasteiger partial charge in [-0.1, -0.05) is 13.0 Å². The molecule has 3 aromatic heterocycles. The smallest absolute Gasteiger partial charge is 0.281 e. The second kappa shape index (κ2) is 9.14. The molecule has 1 fully saturated rings. The second-order valence-electron chi connectivity index (χ2n) is 9.20. The molecule has 0 spiro atoms. The lowest BCUT2D eigenvalue weighted by molar-refractivity contribution is 0.0981. The molecular formula is C24H28N6O4S. The number of methoxy groups -OCH3 is 1. The summed E-state index contributed by atoms with van der Waals surface area (Å²) in [6, 6.07) is 11.0. The van der Waals surface area contributed by atoms with Crippen LogP contribution in [0.15, 0.2) is 53.7 Å². The molecule has 0 aromatic carbocycles. The van der Waals surface area contributed by atoms with Gasteiger partial charge in [-0.3, -0.25) is 4.79 Å². The highest BCUT2D eigenvalue weighted by Gasteiger charge is 2.39. The summed E-state index contributed by atoms with van der Waals surface area (Å²) in [5, 5.41) is -0.341. The number of carbonyl (C=O) groups is 1. The van der Waals surface area contributed by atoms with Crippen molar-refractivity contribution in [2.45, 2.75) is 37.8 Å². The summed E-state index contributed by atoms with van der Waals surface area (Å²) >= 11 is 0. The summed E-state index contributed by atoms with van der Waals surface area (Å²) < 4.78 is 33.2. The van der Waals surface area contributed by atoms with E-state index in [-0.39, 0.29) is 21.9 Å². The number of carbonyl (C=O) groups excluding carboxylic acids is 1. The molecule has 4 rings (SSSR count). The van der Waals surface area contributed by atoms with Crippen LogP contribution in [-0.4, -0.2) is 48.5 Å². The van der Waals surface area contributed by atoms with Gasteiger partial charge in [0.05, 0.1) is 23.9 Å². The van der Waals surface area contributed by atoms with E-state index in [0.717, 1.165) is 6.42 Å². The Balaban J connectivity index is 1.79. The van der Waals surface area contributed by atoms with Crippen molar-refractivity contribution in [3.63, 3.8) is 0 Å². The van der Waals surface area contributed by atoms with Crippen molar-refractivity contribution in [2.75, 3.05) is 24.3 Å². The van der Waals surface area contributed by atoms with Crippen LogP contribution in [0.1, 0.15) is 37.6 Å². The van der Waals surface area contributed by atoms with E-state index in [1.807, 2.05) is 11.0 Å². The highest BCUT2D eigenvalue weighted by atomic mass is 32.2. The van der Waals surface area contributed by atoms with Crippen molar-refractivity contribution in [3.05, 3.63) is 54.2 Å². The predicted molar refractivity (Wildman–Crippen MR) is 133 cm³/mol. The lowest BCUT2D eigenvalue weighted by atomic mass is 9.97. The molecule has 1 atom stereocenters. The number of nitrogen functional groups attached to an aromatic ring is 1. The molecule has 1 saturated heterocycles. The van der Waals surface area contributed by atoms with Crippen LogP contribution in [0.5, 0.6) is 5.88 Å². The minimum absolute atomic E-state index is 0.0326. The van der Waals surface area contributed by atoms with Gasteiger partial charge in [-0.15, -0.1) is 0 Å². The molecule has 0 aliphatic carbocycles. The van der Waals surface area contributed by atoms with E-state index in [2.05, 4.69) is 35.5 Å². The minimum atomic E-state index is -4.25. The average molecular weight is 497 g/mol. The molecule has 0 saturated carbocycles. The van der Waals surface area contributed by atoms with Crippen molar-refractivity contribution in [1.29, 1.82) is 0 Å². The maximum atomic E-state index is 13.3. The van der Waals surface area contributed by atoms with E-state index < -0.39 is 15.9 Å². The molecule has 0 radical (unpaired) electrons. The van der Waals surface area contributed by atoms with Gasteiger partial charge in [0.2, 0.25) is 5.88 Å². The molecule has 1 amide bonds. The number of hydrogen-bond donors (Lipinski definition) is 2. The third-order valence-electron chi connectivity index (χ3n) is 5.94. The number of sulfonamides is 1. The predicted octanol–water partition coefficient (Wildman–Crippen LogP) is 2.87. The molecule has 3 aromatic rings. The van der Waals surface area contributed by atoms with E-state index in [4.69, 9.17) is 15.5 Å². The van der Waals surface area contributed by atoms with Crippen molar-refractivity contribution in [1.82, 2.24) is 19.7 Å². The molecule has 35 heavy (non-hydrogen) atoms. The molecular weight excluding hydrogens is 468 g/mol. The Labute approximate surface area is 204 Å². The maximum absolute atomic E-state index is 13.3. The first-order valence-corrected chi connectivity index (χ1v) is 12.6. The number of nitrogens with two attached hydrogens (primary N) is 1. The first-order chi connectivity index (χ1) is 16.5. The van der Waals surface area contributed by atoms with E-state index in [1.54, 1.807) is 24.4 Å². The first-order valence-electron chi connectivity index (χ1n) is 11.1. The van der Waals surface area contributed by atoms with Crippen molar-refractivity contribution in [2.24, 2.45) is 5.92 Å². The highest BCUT2D eigenvalue weighted by molar-refractivity contribution is 7.90. The van der Waals surface area contributed by atoms with Crippen LogP contribution in [0.2, 0.25) is 0 Å². The number of rotatable bonds is 6. The van der Waals surface area contributed by atoms with Crippen LogP contribution in [0, 0.1) is 5.92 Å². The summed E-state index contributed by atoms with van der Waals surface area (Å²) in [4.78, 5) is 28.2. The third kappa shape index (κ3) is 4.90. The number of aromatic nitrogens is 3. The lowest BCUT2D eigenvalue weighted by Gasteiger charge is -2.34. The molecule has 0 bridgehead atoms. The number of pyridine rings is 3. The Morgan fingerprint density at radius 3 is 2.60 bits per heavy atom. The minimum Gasteiger partial charge on any atom is -0.481 e. The summed E-state index contributed by atoms with van der Waals surface area (Å²) in [5.41, 5.74) is 6.66. The highest BCUT2D eigenvalue weighted by Crippen LogP contribution is 2.39. The number of anilines is 2. The van der Waals surface area contributed by atoms with Gasteiger partial charge < -0.3 is 15.4 Å². The van der Waals surface area contributed by atoms with Gasteiger partial charge in [0.1, 0.15) is 11.6 Å². The first kappa shape index (κ1) is 24.4. The molecule has 1 unspecified atom stereocenters. The van der Waals surface area contributed by atoms with Crippen LogP contribution in [0.3, 0.4) is 0 Å².